The fourth-order valence-corrected chi connectivity index (χ4v) is 6.74. The van der Waals surface area contributed by atoms with E-state index in [2.05, 4.69) is 99.9 Å². The van der Waals surface area contributed by atoms with E-state index in [0.717, 1.165) is 61.7 Å². The molecule has 0 saturated carbocycles. The average Bonchev–Trinajstić information content (AvgIpc) is 3.06. The largest absolute Gasteiger partial charge is 0.364 e. The van der Waals surface area contributed by atoms with Crippen LogP contribution in [0, 0.1) is 47.4 Å². The zero-order valence-electron chi connectivity index (χ0n) is 29.3. The second-order valence-electron chi connectivity index (χ2n) is 13.2. The summed E-state index contributed by atoms with van der Waals surface area (Å²) >= 11 is 0. The maximum absolute atomic E-state index is 14.0. The van der Waals surface area contributed by atoms with E-state index in [1.54, 1.807) is 12.1 Å². The summed E-state index contributed by atoms with van der Waals surface area (Å²) in [7, 11) is 0. The van der Waals surface area contributed by atoms with Crippen LogP contribution in [0.3, 0.4) is 0 Å². The van der Waals surface area contributed by atoms with E-state index in [1.807, 2.05) is 24.5 Å². The van der Waals surface area contributed by atoms with Crippen LogP contribution in [0.2, 0.25) is 0 Å². The number of aromatic nitrogens is 2. The van der Waals surface area contributed by atoms with Crippen molar-refractivity contribution in [3.8, 4) is 22.5 Å². The monoisotopic (exact) mass is 720 g/mol. The quantitative estimate of drug-likeness (QED) is 0.160. The zero-order valence-corrected chi connectivity index (χ0v) is 31.7. The van der Waals surface area contributed by atoms with E-state index in [4.69, 9.17) is 9.97 Å². The van der Waals surface area contributed by atoms with Crippen molar-refractivity contribution >= 4 is 42.9 Å². The lowest BCUT2D eigenvalue weighted by Gasteiger charge is -2.40. The number of halogens is 4. The van der Waals surface area contributed by atoms with Crippen LogP contribution in [0.1, 0.15) is 57.3 Å². The minimum atomic E-state index is -0.206. The first-order valence-corrected chi connectivity index (χ1v) is 16.5. The van der Waals surface area contributed by atoms with Crippen molar-refractivity contribution in [3.05, 3.63) is 136 Å². The molecule has 4 nitrogen and oxygen atoms in total. The number of rotatable bonds is 8. The SMILES string of the molecule is Cc1cc(-c2cc(CN3CCC(N(Cc4ccnc(-c5cc(C)c(C)c(C)c5)c4)c4ccc(F)cc4)CC3)ccn2)cc(C)c1C.Cl.Cl.Cl. The minimum absolute atomic E-state index is 0. The summed E-state index contributed by atoms with van der Waals surface area (Å²) in [5, 5.41) is 0. The second kappa shape index (κ2) is 17.4. The van der Waals surface area contributed by atoms with Crippen LogP contribution < -0.4 is 4.90 Å². The van der Waals surface area contributed by atoms with Gasteiger partial charge in [-0.05, 0) is 172 Å². The predicted octanol–water partition coefficient (Wildman–Crippen LogP) is 10.7. The van der Waals surface area contributed by atoms with Gasteiger partial charge in [0.05, 0.1) is 11.4 Å². The molecule has 0 aliphatic carbocycles. The summed E-state index contributed by atoms with van der Waals surface area (Å²) < 4.78 is 14.0. The third-order valence-corrected chi connectivity index (χ3v) is 10.0. The van der Waals surface area contributed by atoms with Gasteiger partial charge in [-0.1, -0.05) is 0 Å². The summed E-state index contributed by atoms with van der Waals surface area (Å²) in [6.45, 7) is 16.7. The molecule has 1 aliphatic rings. The molecule has 0 atom stereocenters. The van der Waals surface area contributed by atoms with E-state index in [0.29, 0.717) is 6.04 Å². The number of likely N-dealkylation sites (tertiary alicyclic amines) is 1. The fourth-order valence-electron chi connectivity index (χ4n) is 6.74. The lowest BCUT2D eigenvalue weighted by atomic mass is 9.97. The number of pyridine rings is 2. The zero-order chi connectivity index (χ0) is 32.4. The van der Waals surface area contributed by atoms with Gasteiger partial charge in [0.25, 0.3) is 0 Å². The highest BCUT2D eigenvalue weighted by molar-refractivity contribution is 5.86. The van der Waals surface area contributed by atoms with Gasteiger partial charge in [0.15, 0.2) is 0 Å². The van der Waals surface area contributed by atoms with Gasteiger partial charge in [-0.2, -0.15) is 0 Å². The second-order valence-corrected chi connectivity index (χ2v) is 13.2. The molecule has 0 amide bonds. The standard InChI is InChI=1S/C41H45FN4.3ClH/c1-27-19-35(20-28(2)31(27)5)40-23-33(11-15-43-40)25-45-17-13-39(14-18-45)46(38-9-7-37(42)8-10-38)26-34-12-16-44-41(24-34)36-21-29(3)32(6)30(4)22-36;;;/h7-12,15-16,19-24,39H,13-14,17-18,25-26H2,1-6H3;3*1H. The molecule has 0 unspecified atom stereocenters. The Kier molecular flexibility index (Phi) is 14.2. The summed E-state index contributed by atoms with van der Waals surface area (Å²) in [5.74, 6) is -0.206. The van der Waals surface area contributed by atoms with E-state index in [1.165, 1.54) is 50.1 Å². The lowest BCUT2D eigenvalue weighted by Crippen LogP contribution is -2.44. The molecule has 0 N–H and O–H groups in total. The molecule has 8 heteroatoms. The number of hydrogen-bond donors (Lipinski definition) is 0. The lowest BCUT2D eigenvalue weighted by molar-refractivity contribution is 0.201. The molecular weight excluding hydrogens is 674 g/mol. The number of piperidine rings is 1. The average molecular weight is 722 g/mol. The molecule has 0 spiro atoms. The van der Waals surface area contributed by atoms with Crippen LogP contribution in [0.25, 0.3) is 22.5 Å². The highest BCUT2D eigenvalue weighted by atomic mass is 35.5. The number of nitrogens with zero attached hydrogens (tertiary/aromatic N) is 4. The van der Waals surface area contributed by atoms with Crippen molar-refractivity contribution in [1.82, 2.24) is 14.9 Å². The highest BCUT2D eigenvalue weighted by Crippen LogP contribution is 2.30. The highest BCUT2D eigenvalue weighted by Gasteiger charge is 2.26. The summed E-state index contributed by atoms with van der Waals surface area (Å²) in [6.07, 6.45) is 5.95. The van der Waals surface area contributed by atoms with Gasteiger partial charge in [0.2, 0.25) is 0 Å². The van der Waals surface area contributed by atoms with Crippen molar-refractivity contribution in [2.24, 2.45) is 0 Å². The van der Waals surface area contributed by atoms with E-state index in [9.17, 15) is 4.39 Å². The Morgan fingerprint density at radius 3 is 1.57 bits per heavy atom. The Morgan fingerprint density at radius 2 is 1.08 bits per heavy atom. The van der Waals surface area contributed by atoms with Gasteiger partial charge in [-0.25, -0.2) is 4.39 Å². The first-order chi connectivity index (χ1) is 22.1. The Bertz CT molecular complexity index is 1810. The maximum Gasteiger partial charge on any atom is 0.123 e. The van der Waals surface area contributed by atoms with Crippen LogP contribution >= 0.6 is 37.2 Å². The summed E-state index contributed by atoms with van der Waals surface area (Å²) in [4.78, 5) is 14.5. The molecular formula is C41H48Cl3FN4. The van der Waals surface area contributed by atoms with Gasteiger partial charge in [0, 0.05) is 61.4 Å². The smallest absolute Gasteiger partial charge is 0.123 e. The molecule has 3 aromatic carbocycles. The molecule has 3 heterocycles. The number of hydrogen-bond acceptors (Lipinski definition) is 4. The molecule has 1 aliphatic heterocycles. The van der Waals surface area contributed by atoms with Gasteiger partial charge in [-0.3, -0.25) is 14.9 Å². The normalized spacial score (nSPS) is 13.2. The van der Waals surface area contributed by atoms with Crippen molar-refractivity contribution < 1.29 is 4.39 Å². The Labute approximate surface area is 310 Å². The first-order valence-electron chi connectivity index (χ1n) is 16.5. The van der Waals surface area contributed by atoms with Crippen LogP contribution in [0.5, 0.6) is 0 Å². The van der Waals surface area contributed by atoms with Crippen LogP contribution in [0.4, 0.5) is 10.1 Å². The molecule has 0 radical (unpaired) electrons. The molecule has 6 rings (SSSR count). The van der Waals surface area contributed by atoms with Crippen molar-refractivity contribution in [2.45, 2.75) is 73.5 Å². The number of benzene rings is 3. The van der Waals surface area contributed by atoms with Crippen molar-refractivity contribution in [3.63, 3.8) is 0 Å². The van der Waals surface area contributed by atoms with Gasteiger partial charge >= 0.3 is 0 Å². The molecule has 49 heavy (non-hydrogen) atoms. The number of aryl methyl sites for hydroxylation is 4. The van der Waals surface area contributed by atoms with Gasteiger partial charge in [0.1, 0.15) is 5.82 Å². The Morgan fingerprint density at radius 1 is 0.633 bits per heavy atom. The minimum Gasteiger partial charge on any atom is -0.364 e. The molecule has 0 bridgehead atoms. The Balaban J connectivity index is 0.00000217. The molecule has 1 fully saturated rings. The van der Waals surface area contributed by atoms with Crippen molar-refractivity contribution in [1.29, 1.82) is 0 Å². The first kappa shape index (κ1) is 40.0. The fraction of sp³-hybridized carbons (Fsp3) is 0.317. The van der Waals surface area contributed by atoms with E-state index < -0.39 is 0 Å². The van der Waals surface area contributed by atoms with Crippen LogP contribution in [0.15, 0.2) is 85.2 Å². The Hall–Kier alpha value is -3.48. The van der Waals surface area contributed by atoms with Crippen molar-refractivity contribution in [2.75, 3.05) is 18.0 Å². The summed E-state index contributed by atoms with van der Waals surface area (Å²) in [6, 6.07) is 25.0. The van der Waals surface area contributed by atoms with Gasteiger partial charge < -0.3 is 4.90 Å². The van der Waals surface area contributed by atoms with Crippen LogP contribution in [-0.2, 0) is 13.1 Å². The van der Waals surface area contributed by atoms with E-state index in [-0.39, 0.29) is 43.0 Å². The van der Waals surface area contributed by atoms with E-state index >= 15 is 0 Å². The molecule has 2 aromatic heterocycles. The summed E-state index contributed by atoms with van der Waals surface area (Å²) in [5.41, 5.74) is 15.8. The van der Waals surface area contributed by atoms with Gasteiger partial charge in [-0.15, -0.1) is 37.2 Å². The van der Waals surface area contributed by atoms with Crippen LogP contribution in [-0.4, -0.2) is 34.0 Å². The third-order valence-electron chi connectivity index (χ3n) is 10.0. The third kappa shape index (κ3) is 9.40. The molecule has 5 aromatic rings. The predicted molar refractivity (Wildman–Crippen MR) is 210 cm³/mol. The molecule has 1 saturated heterocycles. The topological polar surface area (TPSA) is 32.3 Å². The maximum atomic E-state index is 14.0. The molecule has 260 valence electrons. The number of anilines is 1.